The van der Waals surface area contributed by atoms with E-state index < -0.39 is 15.5 Å². The van der Waals surface area contributed by atoms with Crippen LogP contribution in [-0.2, 0) is 0 Å². The van der Waals surface area contributed by atoms with Gasteiger partial charge in [0, 0.05) is 11.8 Å². The Morgan fingerprint density at radius 1 is 1.12 bits per heavy atom. The fraction of sp³-hybridized carbons (Fsp3) is 0.133. The average Bonchev–Trinajstić information content (AvgIpc) is 2.59. The molecule has 0 aliphatic heterocycles. The molecule has 0 spiro atoms. The maximum absolute atomic E-state index is 11.1. The van der Waals surface area contributed by atoms with Crippen LogP contribution in [0.1, 0.15) is 5.56 Å². The van der Waals surface area contributed by atoms with Crippen LogP contribution in [0.4, 0.5) is 17.1 Å². The molecule has 0 atom stereocenters. The molecule has 0 saturated carbocycles. The van der Waals surface area contributed by atoms with Gasteiger partial charge in [0.1, 0.15) is 5.69 Å². The molecule has 0 aliphatic carbocycles. The van der Waals surface area contributed by atoms with Crippen molar-refractivity contribution in [2.24, 2.45) is 5.10 Å². The minimum Gasteiger partial charge on any atom is -0.271 e. The van der Waals surface area contributed by atoms with Crippen LogP contribution in [-0.4, -0.2) is 27.6 Å². The molecule has 2 aromatic carbocycles. The predicted octanol–water partition coefficient (Wildman–Crippen LogP) is 3.68. The molecule has 0 fully saturated rings. The Morgan fingerprint density at radius 2 is 1.83 bits per heavy atom. The molecule has 0 heterocycles. The SMILES string of the molecule is CSCC(=NNc1ccc([N+](=O)[O-])cc1[N+](=O)[O-])c1ccccc1. The summed E-state index contributed by atoms with van der Waals surface area (Å²) in [5.41, 5.74) is 3.62. The number of hydrazone groups is 1. The van der Waals surface area contributed by atoms with Gasteiger partial charge < -0.3 is 0 Å². The number of rotatable bonds is 7. The highest BCUT2D eigenvalue weighted by Gasteiger charge is 2.19. The molecule has 1 N–H and O–H groups in total. The van der Waals surface area contributed by atoms with Crippen molar-refractivity contribution in [1.82, 2.24) is 0 Å². The Labute approximate surface area is 141 Å². The number of nitro benzene ring substituents is 2. The maximum atomic E-state index is 11.1. The van der Waals surface area contributed by atoms with Gasteiger partial charge in [-0.1, -0.05) is 30.3 Å². The van der Waals surface area contributed by atoms with Crippen LogP contribution in [0, 0.1) is 20.2 Å². The van der Waals surface area contributed by atoms with Crippen molar-refractivity contribution in [2.75, 3.05) is 17.4 Å². The highest BCUT2D eigenvalue weighted by Crippen LogP contribution is 2.29. The van der Waals surface area contributed by atoms with Gasteiger partial charge in [0.15, 0.2) is 0 Å². The lowest BCUT2D eigenvalue weighted by molar-refractivity contribution is -0.393. The lowest BCUT2D eigenvalue weighted by Crippen LogP contribution is -2.08. The summed E-state index contributed by atoms with van der Waals surface area (Å²) in [6.07, 6.45) is 1.92. The number of non-ortho nitro benzene ring substituents is 1. The van der Waals surface area contributed by atoms with E-state index >= 15 is 0 Å². The number of hydrogen-bond acceptors (Lipinski definition) is 7. The predicted molar refractivity (Wildman–Crippen MR) is 94.7 cm³/mol. The van der Waals surface area contributed by atoms with Crippen molar-refractivity contribution in [1.29, 1.82) is 0 Å². The van der Waals surface area contributed by atoms with Gasteiger partial charge in [-0.15, -0.1) is 0 Å². The smallest absolute Gasteiger partial charge is 0.271 e. The van der Waals surface area contributed by atoms with Crippen molar-refractivity contribution >= 4 is 34.5 Å². The van der Waals surface area contributed by atoms with Gasteiger partial charge >= 0.3 is 5.69 Å². The van der Waals surface area contributed by atoms with Crippen LogP contribution >= 0.6 is 11.8 Å². The van der Waals surface area contributed by atoms with Crippen LogP contribution in [0.2, 0.25) is 0 Å². The Kier molecular flexibility index (Phi) is 5.85. The van der Waals surface area contributed by atoms with Crippen molar-refractivity contribution in [3.63, 3.8) is 0 Å². The molecule has 9 heteroatoms. The van der Waals surface area contributed by atoms with Crippen molar-refractivity contribution in [3.8, 4) is 0 Å². The number of nitrogens with one attached hydrogen (secondary N) is 1. The molecular weight excluding hydrogens is 332 g/mol. The number of hydrogen-bond donors (Lipinski definition) is 1. The van der Waals surface area contributed by atoms with Crippen molar-refractivity contribution < 1.29 is 9.85 Å². The first kappa shape index (κ1) is 17.4. The molecule has 0 aromatic heterocycles. The highest BCUT2D eigenvalue weighted by atomic mass is 32.2. The largest absolute Gasteiger partial charge is 0.301 e. The van der Waals surface area contributed by atoms with Gasteiger partial charge in [-0.3, -0.25) is 25.7 Å². The van der Waals surface area contributed by atoms with E-state index in [1.165, 1.54) is 12.1 Å². The van der Waals surface area contributed by atoms with E-state index in [1.54, 1.807) is 11.8 Å². The molecule has 0 unspecified atom stereocenters. The second kappa shape index (κ2) is 8.06. The fourth-order valence-corrected chi connectivity index (χ4v) is 2.46. The zero-order chi connectivity index (χ0) is 17.5. The van der Waals surface area contributed by atoms with Crippen LogP contribution in [0.25, 0.3) is 0 Å². The molecule has 24 heavy (non-hydrogen) atoms. The Morgan fingerprint density at radius 3 is 2.42 bits per heavy atom. The molecule has 0 saturated heterocycles. The minimum atomic E-state index is -0.679. The lowest BCUT2D eigenvalue weighted by Gasteiger charge is -2.07. The van der Waals surface area contributed by atoms with Crippen LogP contribution in [0.5, 0.6) is 0 Å². The third-order valence-electron chi connectivity index (χ3n) is 3.09. The molecule has 8 nitrogen and oxygen atoms in total. The first-order chi connectivity index (χ1) is 11.5. The molecule has 2 aromatic rings. The molecule has 0 radical (unpaired) electrons. The Balaban J connectivity index is 2.34. The zero-order valence-electron chi connectivity index (χ0n) is 12.7. The van der Waals surface area contributed by atoms with Gasteiger partial charge in [0.2, 0.25) is 0 Å². The fourth-order valence-electron chi connectivity index (χ4n) is 1.95. The summed E-state index contributed by atoms with van der Waals surface area (Å²) in [6.45, 7) is 0. The summed E-state index contributed by atoms with van der Waals surface area (Å²) in [4.78, 5) is 20.5. The summed E-state index contributed by atoms with van der Waals surface area (Å²) in [5, 5.41) is 26.1. The maximum Gasteiger partial charge on any atom is 0.301 e. The third kappa shape index (κ3) is 4.29. The Bertz CT molecular complexity index is 780. The summed E-state index contributed by atoms with van der Waals surface area (Å²) in [5.74, 6) is 0.609. The van der Waals surface area contributed by atoms with E-state index in [-0.39, 0.29) is 11.4 Å². The van der Waals surface area contributed by atoms with Crippen LogP contribution < -0.4 is 5.43 Å². The number of benzene rings is 2. The molecule has 0 aliphatic rings. The second-order valence-corrected chi connectivity index (χ2v) is 5.55. The summed E-state index contributed by atoms with van der Waals surface area (Å²) in [7, 11) is 0. The van der Waals surface area contributed by atoms with Gasteiger partial charge in [-0.25, -0.2) is 0 Å². The average molecular weight is 346 g/mol. The standard InChI is InChI=1S/C15H14N4O4S/c1-24-10-14(11-5-3-2-4-6-11)17-16-13-8-7-12(18(20)21)9-15(13)19(22)23/h2-9,16H,10H2,1H3. The third-order valence-corrected chi connectivity index (χ3v) is 3.65. The molecule has 0 bridgehead atoms. The molecule has 124 valence electrons. The summed E-state index contributed by atoms with van der Waals surface area (Å²) in [6, 6.07) is 12.8. The van der Waals surface area contributed by atoms with E-state index in [0.29, 0.717) is 5.75 Å². The van der Waals surface area contributed by atoms with Crippen molar-refractivity contribution in [3.05, 3.63) is 74.3 Å². The van der Waals surface area contributed by atoms with Gasteiger partial charge in [0.25, 0.3) is 5.69 Å². The molecule has 0 amide bonds. The topological polar surface area (TPSA) is 111 Å². The summed E-state index contributed by atoms with van der Waals surface area (Å²) < 4.78 is 0. The van der Waals surface area contributed by atoms with E-state index in [9.17, 15) is 20.2 Å². The summed E-state index contributed by atoms with van der Waals surface area (Å²) >= 11 is 1.56. The molecular formula is C15H14N4O4S. The van der Waals surface area contributed by atoms with E-state index in [0.717, 1.165) is 17.3 Å². The first-order valence-electron chi connectivity index (χ1n) is 6.82. The van der Waals surface area contributed by atoms with Gasteiger partial charge in [0.05, 0.1) is 21.6 Å². The number of thioether (sulfide) groups is 1. The number of nitro groups is 2. The second-order valence-electron chi connectivity index (χ2n) is 4.69. The monoisotopic (exact) mass is 346 g/mol. The van der Waals surface area contributed by atoms with Crippen molar-refractivity contribution in [2.45, 2.75) is 0 Å². The van der Waals surface area contributed by atoms with Gasteiger partial charge in [-0.2, -0.15) is 16.9 Å². The number of anilines is 1. The van der Waals surface area contributed by atoms with E-state index in [4.69, 9.17) is 0 Å². The van der Waals surface area contributed by atoms with E-state index in [2.05, 4.69) is 10.5 Å². The lowest BCUT2D eigenvalue weighted by atomic mass is 10.1. The normalized spacial score (nSPS) is 11.1. The highest BCUT2D eigenvalue weighted by molar-refractivity contribution is 7.99. The van der Waals surface area contributed by atoms with Gasteiger partial charge in [-0.05, 0) is 17.9 Å². The van der Waals surface area contributed by atoms with E-state index in [1.807, 2.05) is 36.6 Å². The first-order valence-corrected chi connectivity index (χ1v) is 8.22. The zero-order valence-corrected chi connectivity index (χ0v) is 13.5. The number of nitrogens with zero attached hydrogens (tertiary/aromatic N) is 3. The minimum absolute atomic E-state index is 0.0973. The van der Waals surface area contributed by atoms with Crippen LogP contribution in [0.3, 0.4) is 0 Å². The molecule has 2 rings (SSSR count). The van der Waals surface area contributed by atoms with Crippen LogP contribution in [0.15, 0.2) is 53.6 Å². The Hall–Kier alpha value is -2.94. The quantitative estimate of drug-likeness (QED) is 0.465.